The molecule has 0 unspecified atom stereocenters. The highest BCUT2D eigenvalue weighted by atomic mass is 32.2. The summed E-state index contributed by atoms with van der Waals surface area (Å²) in [5.74, 6) is 0.429. The molecule has 0 aliphatic heterocycles. The van der Waals surface area contributed by atoms with Gasteiger partial charge in [0.1, 0.15) is 12.0 Å². The van der Waals surface area contributed by atoms with Gasteiger partial charge in [-0.2, -0.15) is 0 Å². The quantitative estimate of drug-likeness (QED) is 0.583. The van der Waals surface area contributed by atoms with E-state index < -0.39 is 14.9 Å². The molecule has 0 amide bonds. The lowest BCUT2D eigenvalue weighted by molar-refractivity contribution is -0.385. The van der Waals surface area contributed by atoms with E-state index >= 15 is 0 Å². The normalized spacial score (nSPS) is 11.2. The van der Waals surface area contributed by atoms with E-state index in [2.05, 4.69) is 15.0 Å². The van der Waals surface area contributed by atoms with Gasteiger partial charge >= 0.3 is 0 Å². The van der Waals surface area contributed by atoms with Crippen LogP contribution in [-0.2, 0) is 22.3 Å². The average molecular weight is 350 g/mol. The Hall–Kier alpha value is -2.52. The van der Waals surface area contributed by atoms with Gasteiger partial charge in [-0.3, -0.25) is 10.1 Å². The number of benzene rings is 1. The summed E-state index contributed by atoms with van der Waals surface area (Å²) in [6.45, 7) is 2.08. The molecular formula is C15H18N4O4S. The summed E-state index contributed by atoms with van der Waals surface area (Å²) in [7, 11) is -1.94. The van der Waals surface area contributed by atoms with E-state index in [-0.39, 0.29) is 11.4 Å². The van der Waals surface area contributed by atoms with Crippen molar-refractivity contribution in [3.8, 4) is 0 Å². The summed E-state index contributed by atoms with van der Waals surface area (Å²) in [6.07, 6.45) is 1.22. The van der Waals surface area contributed by atoms with Crippen LogP contribution in [0.4, 0.5) is 11.5 Å². The van der Waals surface area contributed by atoms with E-state index in [1.54, 1.807) is 31.2 Å². The number of pyridine rings is 1. The third kappa shape index (κ3) is 4.74. The monoisotopic (exact) mass is 350 g/mol. The highest BCUT2D eigenvalue weighted by Crippen LogP contribution is 2.19. The Labute approximate surface area is 140 Å². The molecule has 0 aliphatic rings. The first-order valence-corrected chi connectivity index (χ1v) is 8.80. The van der Waals surface area contributed by atoms with Crippen LogP contribution < -0.4 is 10.0 Å². The van der Waals surface area contributed by atoms with Crippen LogP contribution in [0.5, 0.6) is 0 Å². The SMILES string of the molecule is CNS(=O)(=O)Cc1cccc(CNc2cc(C)c([N+](=O)[O-])cn2)c1. The van der Waals surface area contributed by atoms with E-state index in [0.717, 1.165) is 5.56 Å². The number of hydrogen-bond donors (Lipinski definition) is 2. The fourth-order valence-corrected chi connectivity index (χ4v) is 2.91. The number of rotatable bonds is 7. The fraction of sp³-hybridized carbons (Fsp3) is 0.267. The topological polar surface area (TPSA) is 114 Å². The minimum absolute atomic E-state index is 0.0279. The van der Waals surface area contributed by atoms with Crippen LogP contribution in [0.2, 0.25) is 0 Å². The second kappa shape index (κ2) is 7.37. The number of nitro groups is 1. The lowest BCUT2D eigenvalue weighted by Crippen LogP contribution is -2.20. The minimum atomic E-state index is -3.32. The molecule has 24 heavy (non-hydrogen) atoms. The van der Waals surface area contributed by atoms with Crippen molar-refractivity contribution in [2.75, 3.05) is 12.4 Å². The Morgan fingerprint density at radius 2 is 1.96 bits per heavy atom. The van der Waals surface area contributed by atoms with Crippen LogP contribution in [0.1, 0.15) is 16.7 Å². The minimum Gasteiger partial charge on any atom is -0.366 e. The third-order valence-electron chi connectivity index (χ3n) is 3.41. The summed E-state index contributed by atoms with van der Waals surface area (Å²) in [5, 5.41) is 13.9. The zero-order valence-corrected chi connectivity index (χ0v) is 14.1. The zero-order chi connectivity index (χ0) is 17.7. The van der Waals surface area contributed by atoms with Crippen LogP contribution in [0.15, 0.2) is 36.5 Å². The molecule has 0 aliphatic carbocycles. The number of hydrogen-bond acceptors (Lipinski definition) is 6. The van der Waals surface area contributed by atoms with Gasteiger partial charge in [-0.25, -0.2) is 18.1 Å². The average Bonchev–Trinajstić information content (AvgIpc) is 2.52. The van der Waals surface area contributed by atoms with Gasteiger partial charge in [-0.1, -0.05) is 24.3 Å². The van der Waals surface area contributed by atoms with E-state index in [0.29, 0.717) is 23.5 Å². The van der Waals surface area contributed by atoms with Crippen molar-refractivity contribution in [3.05, 3.63) is 63.3 Å². The van der Waals surface area contributed by atoms with Crippen molar-refractivity contribution < 1.29 is 13.3 Å². The van der Waals surface area contributed by atoms with Crippen molar-refractivity contribution in [2.24, 2.45) is 0 Å². The predicted octanol–water partition coefficient (Wildman–Crippen LogP) is 1.96. The molecule has 1 aromatic carbocycles. The first-order valence-electron chi connectivity index (χ1n) is 7.14. The number of nitrogens with zero attached hydrogens (tertiary/aromatic N) is 2. The van der Waals surface area contributed by atoms with Gasteiger partial charge in [-0.05, 0) is 31.2 Å². The standard InChI is InChI=1S/C15H18N4O4S/c1-11-6-15(18-9-14(11)19(20)21)17-8-12-4-3-5-13(7-12)10-24(22,23)16-2/h3-7,9,16H,8,10H2,1-2H3,(H,17,18). The van der Waals surface area contributed by atoms with Crippen molar-refractivity contribution in [2.45, 2.75) is 19.2 Å². The van der Waals surface area contributed by atoms with Crippen LogP contribution in [0.25, 0.3) is 0 Å². The Morgan fingerprint density at radius 3 is 2.58 bits per heavy atom. The van der Waals surface area contributed by atoms with E-state index in [9.17, 15) is 18.5 Å². The van der Waals surface area contributed by atoms with Crippen molar-refractivity contribution in [1.29, 1.82) is 0 Å². The Morgan fingerprint density at radius 1 is 1.25 bits per heavy atom. The molecule has 1 heterocycles. The number of sulfonamides is 1. The Kier molecular flexibility index (Phi) is 5.47. The highest BCUT2D eigenvalue weighted by molar-refractivity contribution is 7.88. The first-order chi connectivity index (χ1) is 11.3. The van der Waals surface area contributed by atoms with E-state index in [1.165, 1.54) is 13.2 Å². The van der Waals surface area contributed by atoms with E-state index in [1.807, 2.05) is 6.07 Å². The summed E-state index contributed by atoms with van der Waals surface area (Å²) in [6, 6.07) is 8.78. The van der Waals surface area contributed by atoms with Gasteiger partial charge in [0.15, 0.2) is 0 Å². The maximum atomic E-state index is 11.6. The van der Waals surface area contributed by atoms with Gasteiger partial charge in [-0.15, -0.1) is 0 Å². The van der Waals surface area contributed by atoms with Crippen LogP contribution in [0.3, 0.4) is 0 Å². The molecule has 0 atom stereocenters. The molecule has 2 N–H and O–H groups in total. The van der Waals surface area contributed by atoms with Gasteiger partial charge in [0, 0.05) is 12.1 Å². The van der Waals surface area contributed by atoms with Crippen molar-refractivity contribution in [1.82, 2.24) is 9.71 Å². The van der Waals surface area contributed by atoms with Crippen molar-refractivity contribution in [3.63, 3.8) is 0 Å². The second-order valence-corrected chi connectivity index (χ2v) is 7.18. The smallest absolute Gasteiger partial charge is 0.290 e. The molecule has 0 saturated carbocycles. The molecule has 2 aromatic rings. The van der Waals surface area contributed by atoms with Crippen LogP contribution in [-0.4, -0.2) is 25.4 Å². The molecular weight excluding hydrogens is 332 g/mol. The largest absolute Gasteiger partial charge is 0.366 e. The lowest BCUT2D eigenvalue weighted by atomic mass is 10.1. The molecule has 1 aromatic heterocycles. The number of aromatic nitrogens is 1. The fourth-order valence-electron chi connectivity index (χ4n) is 2.15. The summed E-state index contributed by atoms with van der Waals surface area (Å²) >= 11 is 0. The second-order valence-electron chi connectivity index (χ2n) is 5.25. The maximum absolute atomic E-state index is 11.6. The number of nitrogens with one attached hydrogen (secondary N) is 2. The highest BCUT2D eigenvalue weighted by Gasteiger charge is 2.12. The van der Waals surface area contributed by atoms with E-state index in [4.69, 9.17) is 0 Å². The summed E-state index contributed by atoms with van der Waals surface area (Å²) in [4.78, 5) is 14.3. The van der Waals surface area contributed by atoms with Gasteiger partial charge in [0.05, 0.1) is 10.7 Å². The molecule has 2 rings (SSSR count). The van der Waals surface area contributed by atoms with Crippen molar-refractivity contribution >= 4 is 21.5 Å². The molecule has 0 fully saturated rings. The molecule has 0 spiro atoms. The molecule has 8 nitrogen and oxygen atoms in total. The molecule has 0 bridgehead atoms. The first kappa shape index (κ1) is 17.8. The van der Waals surface area contributed by atoms with Gasteiger partial charge < -0.3 is 5.32 Å². The Bertz CT molecular complexity index is 852. The third-order valence-corrected chi connectivity index (χ3v) is 4.75. The summed E-state index contributed by atoms with van der Waals surface area (Å²) < 4.78 is 25.5. The van der Waals surface area contributed by atoms with Crippen LogP contribution in [0, 0.1) is 17.0 Å². The summed E-state index contributed by atoms with van der Waals surface area (Å²) in [5.41, 5.74) is 2.05. The molecule has 9 heteroatoms. The molecule has 0 saturated heterocycles. The number of anilines is 1. The lowest BCUT2D eigenvalue weighted by Gasteiger charge is -2.08. The zero-order valence-electron chi connectivity index (χ0n) is 13.3. The van der Waals surface area contributed by atoms with Gasteiger partial charge in [0.25, 0.3) is 5.69 Å². The predicted molar refractivity (Wildman–Crippen MR) is 91.1 cm³/mol. The molecule has 128 valence electrons. The van der Waals surface area contributed by atoms with Gasteiger partial charge in [0.2, 0.25) is 10.0 Å². The van der Waals surface area contributed by atoms with Crippen LogP contribution >= 0.6 is 0 Å². The molecule has 0 radical (unpaired) electrons. The number of aryl methyl sites for hydroxylation is 1. The Balaban J connectivity index is 2.07. The maximum Gasteiger partial charge on any atom is 0.290 e.